The van der Waals surface area contributed by atoms with Gasteiger partial charge in [-0.05, 0) is 65.8 Å². The van der Waals surface area contributed by atoms with Crippen molar-refractivity contribution >= 4 is 17.0 Å². The Labute approximate surface area is 190 Å². The molecule has 0 bridgehead atoms. The van der Waals surface area contributed by atoms with Crippen molar-refractivity contribution in [3.05, 3.63) is 54.4 Å². The fraction of sp³-hybridized carbons (Fsp3) is 0.440. The van der Waals surface area contributed by atoms with E-state index in [9.17, 15) is 18.0 Å². The van der Waals surface area contributed by atoms with E-state index in [2.05, 4.69) is 23.8 Å². The number of carbonyl (C=O) groups excluding carboxylic acids is 1. The van der Waals surface area contributed by atoms with Crippen LogP contribution >= 0.6 is 0 Å². The lowest BCUT2D eigenvalue weighted by atomic mass is 9.73. The Hall–Kier alpha value is -2.87. The SMILES string of the molecule is CC1(C)CCC(CN(Cc2ccc(-c3ccc4nc[nH]c4c3)cc2)OC(=O)C(F)(F)F)CC1. The van der Waals surface area contributed by atoms with Crippen LogP contribution < -0.4 is 0 Å². The molecule has 0 radical (unpaired) electrons. The van der Waals surface area contributed by atoms with Crippen LogP contribution in [0.1, 0.15) is 45.1 Å². The van der Waals surface area contributed by atoms with Gasteiger partial charge in [-0.1, -0.05) is 44.2 Å². The third-order valence-electron chi connectivity index (χ3n) is 6.43. The number of alkyl halides is 3. The molecular weight excluding hydrogens is 431 g/mol. The van der Waals surface area contributed by atoms with Gasteiger partial charge in [-0.15, -0.1) is 5.06 Å². The van der Waals surface area contributed by atoms with Gasteiger partial charge in [0.05, 0.1) is 23.9 Å². The Morgan fingerprint density at radius 3 is 2.45 bits per heavy atom. The molecule has 1 aliphatic carbocycles. The Morgan fingerprint density at radius 1 is 1.12 bits per heavy atom. The molecule has 1 saturated carbocycles. The predicted octanol–water partition coefficient (Wildman–Crippen LogP) is 6.27. The van der Waals surface area contributed by atoms with E-state index in [1.807, 2.05) is 42.5 Å². The first-order valence-corrected chi connectivity index (χ1v) is 11.2. The molecule has 1 aliphatic rings. The number of nitrogens with one attached hydrogen (secondary N) is 1. The summed E-state index contributed by atoms with van der Waals surface area (Å²) in [5.41, 5.74) is 4.81. The molecule has 1 N–H and O–H groups in total. The number of H-pyrrole nitrogens is 1. The summed E-state index contributed by atoms with van der Waals surface area (Å²) in [6.07, 6.45) is 0.440. The largest absolute Gasteiger partial charge is 0.492 e. The maximum absolute atomic E-state index is 12.8. The molecule has 4 rings (SSSR count). The second-order valence-electron chi connectivity index (χ2n) is 9.64. The van der Waals surface area contributed by atoms with Crippen molar-refractivity contribution in [1.82, 2.24) is 15.0 Å². The van der Waals surface area contributed by atoms with Crippen LogP contribution in [0, 0.1) is 11.3 Å². The lowest BCUT2D eigenvalue weighted by Crippen LogP contribution is -2.38. The molecule has 0 unspecified atom stereocenters. The Morgan fingerprint density at radius 2 is 1.79 bits per heavy atom. The van der Waals surface area contributed by atoms with Crippen LogP contribution in [0.5, 0.6) is 0 Å². The number of aromatic amines is 1. The molecule has 1 fully saturated rings. The predicted molar refractivity (Wildman–Crippen MR) is 120 cm³/mol. The molecule has 0 saturated heterocycles. The monoisotopic (exact) mass is 459 g/mol. The minimum atomic E-state index is -5.03. The molecule has 1 aromatic heterocycles. The van der Waals surface area contributed by atoms with Crippen LogP contribution in [0.25, 0.3) is 22.2 Å². The highest BCUT2D eigenvalue weighted by Crippen LogP contribution is 2.38. The van der Waals surface area contributed by atoms with E-state index in [1.165, 1.54) is 5.06 Å². The zero-order valence-electron chi connectivity index (χ0n) is 18.8. The van der Waals surface area contributed by atoms with Crippen LogP contribution in [0.15, 0.2) is 48.8 Å². The highest BCUT2D eigenvalue weighted by molar-refractivity contribution is 5.81. The van der Waals surface area contributed by atoms with E-state index in [4.69, 9.17) is 4.84 Å². The van der Waals surface area contributed by atoms with Crippen LogP contribution in [0.2, 0.25) is 0 Å². The summed E-state index contributed by atoms with van der Waals surface area (Å²) in [7, 11) is 0. The number of hydrogen-bond acceptors (Lipinski definition) is 4. The number of nitrogens with zero attached hydrogens (tertiary/aromatic N) is 2. The summed E-state index contributed by atoms with van der Waals surface area (Å²) in [4.78, 5) is 23.6. The number of halogens is 3. The number of hydroxylamine groups is 2. The molecule has 0 atom stereocenters. The van der Waals surface area contributed by atoms with Crippen molar-refractivity contribution in [2.45, 2.75) is 52.3 Å². The maximum Gasteiger partial charge on any atom is 0.492 e. The average molecular weight is 460 g/mol. The zero-order valence-corrected chi connectivity index (χ0v) is 18.8. The number of carbonyl (C=O) groups is 1. The van der Waals surface area contributed by atoms with Gasteiger partial charge < -0.3 is 9.82 Å². The highest BCUT2D eigenvalue weighted by Gasteiger charge is 2.43. The lowest BCUT2D eigenvalue weighted by Gasteiger charge is -2.36. The van der Waals surface area contributed by atoms with Crippen LogP contribution in [-0.4, -0.2) is 33.7 Å². The van der Waals surface area contributed by atoms with Crippen LogP contribution in [0.3, 0.4) is 0 Å². The Balaban J connectivity index is 1.46. The number of benzene rings is 2. The van der Waals surface area contributed by atoms with Gasteiger partial charge in [0.15, 0.2) is 0 Å². The number of hydrogen-bond donors (Lipinski definition) is 1. The Kier molecular flexibility index (Phi) is 6.47. The van der Waals surface area contributed by atoms with Gasteiger partial charge in [-0.2, -0.15) is 13.2 Å². The molecule has 3 aromatic rings. The summed E-state index contributed by atoms with van der Waals surface area (Å²) in [5.74, 6) is -1.98. The summed E-state index contributed by atoms with van der Waals surface area (Å²) in [5, 5.41) is 1.17. The van der Waals surface area contributed by atoms with Gasteiger partial charge in [-0.3, -0.25) is 0 Å². The fourth-order valence-electron chi connectivity index (χ4n) is 4.35. The highest BCUT2D eigenvalue weighted by atomic mass is 19.4. The molecule has 0 spiro atoms. The Bertz CT molecular complexity index is 1100. The normalized spacial score (nSPS) is 16.9. The summed E-state index contributed by atoms with van der Waals surface area (Å²) in [6.45, 7) is 4.80. The summed E-state index contributed by atoms with van der Waals surface area (Å²) in [6, 6.07) is 13.4. The smallest absolute Gasteiger partial charge is 0.360 e. The molecule has 1 heterocycles. The molecule has 5 nitrogen and oxygen atoms in total. The van der Waals surface area contributed by atoms with Gasteiger partial charge in [-0.25, -0.2) is 9.78 Å². The zero-order chi connectivity index (χ0) is 23.6. The van der Waals surface area contributed by atoms with Gasteiger partial charge >= 0.3 is 12.1 Å². The number of imidazole rings is 1. The van der Waals surface area contributed by atoms with E-state index in [0.717, 1.165) is 53.4 Å². The maximum atomic E-state index is 12.8. The minimum absolute atomic E-state index is 0.0988. The first-order chi connectivity index (χ1) is 15.6. The average Bonchev–Trinajstić information content (AvgIpc) is 3.23. The second kappa shape index (κ2) is 9.17. The number of rotatable bonds is 6. The van der Waals surface area contributed by atoms with E-state index in [1.54, 1.807) is 6.33 Å². The summed E-state index contributed by atoms with van der Waals surface area (Å²) < 4.78 is 38.5. The van der Waals surface area contributed by atoms with E-state index >= 15 is 0 Å². The topological polar surface area (TPSA) is 58.2 Å². The molecule has 2 aromatic carbocycles. The van der Waals surface area contributed by atoms with Gasteiger partial charge in [0.1, 0.15) is 0 Å². The van der Waals surface area contributed by atoms with Crippen LogP contribution in [0.4, 0.5) is 13.2 Å². The van der Waals surface area contributed by atoms with Crippen molar-refractivity contribution in [1.29, 1.82) is 0 Å². The van der Waals surface area contributed by atoms with Crippen molar-refractivity contribution in [3.8, 4) is 11.1 Å². The quantitative estimate of drug-likeness (QED) is 0.442. The second-order valence-corrected chi connectivity index (χ2v) is 9.64. The standard InChI is InChI=1S/C25H28F3N3O2/c1-24(2)11-9-18(10-12-24)15-31(33-23(32)25(26,27)28)14-17-3-5-19(6-4-17)20-7-8-21-22(13-20)30-16-29-21/h3-8,13,16,18H,9-12,14-15H2,1-2H3,(H,29,30). The first kappa shape index (κ1) is 23.3. The van der Waals surface area contributed by atoms with Crippen molar-refractivity contribution in [2.75, 3.05) is 6.54 Å². The molecule has 8 heteroatoms. The molecule has 0 amide bonds. The van der Waals surface area contributed by atoms with E-state index < -0.39 is 12.1 Å². The van der Waals surface area contributed by atoms with Crippen LogP contribution in [-0.2, 0) is 16.2 Å². The molecular formula is C25H28F3N3O2. The molecule has 0 aliphatic heterocycles. The van der Waals surface area contributed by atoms with Crippen molar-refractivity contribution in [2.24, 2.45) is 11.3 Å². The lowest BCUT2D eigenvalue weighted by molar-refractivity contribution is -0.243. The van der Waals surface area contributed by atoms with Crippen molar-refractivity contribution < 1.29 is 22.8 Å². The number of aromatic nitrogens is 2. The number of fused-ring (bicyclic) bond motifs is 1. The molecule has 176 valence electrons. The van der Waals surface area contributed by atoms with Gasteiger partial charge in [0.25, 0.3) is 0 Å². The molecule has 33 heavy (non-hydrogen) atoms. The summed E-state index contributed by atoms with van der Waals surface area (Å²) >= 11 is 0. The fourth-order valence-corrected chi connectivity index (χ4v) is 4.35. The van der Waals surface area contributed by atoms with Gasteiger partial charge in [0, 0.05) is 6.54 Å². The third-order valence-corrected chi connectivity index (χ3v) is 6.43. The third kappa shape index (κ3) is 5.93. The van der Waals surface area contributed by atoms with Crippen molar-refractivity contribution in [3.63, 3.8) is 0 Å². The minimum Gasteiger partial charge on any atom is -0.360 e. The van der Waals surface area contributed by atoms with Gasteiger partial charge in [0.2, 0.25) is 0 Å². The first-order valence-electron chi connectivity index (χ1n) is 11.2. The van der Waals surface area contributed by atoms with E-state index in [-0.39, 0.29) is 24.4 Å². The van der Waals surface area contributed by atoms with E-state index in [0.29, 0.717) is 0 Å².